The van der Waals surface area contributed by atoms with Gasteiger partial charge in [-0.3, -0.25) is 4.79 Å². The van der Waals surface area contributed by atoms with E-state index in [4.69, 9.17) is 5.11 Å². The van der Waals surface area contributed by atoms with Gasteiger partial charge in [-0.2, -0.15) is 13.2 Å². The van der Waals surface area contributed by atoms with Crippen LogP contribution in [0.25, 0.3) is 0 Å². The Labute approximate surface area is 107 Å². The average molecular weight is 278 g/mol. The minimum Gasteiger partial charge on any atom is -0.480 e. The van der Waals surface area contributed by atoms with E-state index in [1.807, 2.05) is 0 Å². The van der Waals surface area contributed by atoms with Crippen molar-refractivity contribution >= 4 is 11.9 Å². The molecule has 0 unspecified atom stereocenters. The van der Waals surface area contributed by atoms with Crippen molar-refractivity contribution in [1.82, 2.24) is 9.88 Å². The molecule has 2 N–H and O–H groups in total. The quantitative estimate of drug-likeness (QED) is 0.860. The molecule has 0 spiro atoms. The fourth-order valence-corrected chi connectivity index (χ4v) is 1.52. The van der Waals surface area contributed by atoms with Crippen LogP contribution in [0, 0.1) is 0 Å². The van der Waals surface area contributed by atoms with Gasteiger partial charge in [0.1, 0.15) is 18.3 Å². The van der Waals surface area contributed by atoms with Crippen molar-refractivity contribution in [3.8, 4) is 0 Å². The lowest BCUT2D eigenvalue weighted by Crippen LogP contribution is -2.41. The van der Waals surface area contributed by atoms with Crippen LogP contribution >= 0.6 is 0 Å². The monoisotopic (exact) mass is 278 g/mol. The second-order valence-electron chi connectivity index (χ2n) is 3.91. The summed E-state index contributed by atoms with van der Waals surface area (Å²) in [7, 11) is 0. The highest BCUT2D eigenvalue weighted by Crippen LogP contribution is 2.19. The molecule has 1 heterocycles. The Balaban J connectivity index is 2.83. The topological polar surface area (TPSA) is 71.3 Å². The van der Waals surface area contributed by atoms with E-state index in [1.54, 1.807) is 6.92 Å². The number of nitrogens with zero attached hydrogens (tertiary/aromatic N) is 1. The number of hydrogen-bond donors (Lipinski definition) is 2. The first-order valence-electron chi connectivity index (χ1n) is 5.50. The van der Waals surface area contributed by atoms with Crippen LogP contribution in [0.5, 0.6) is 0 Å². The Kier molecular flexibility index (Phi) is 4.57. The largest absolute Gasteiger partial charge is 0.480 e. The summed E-state index contributed by atoms with van der Waals surface area (Å²) in [5, 5.41) is 10.9. The Bertz CT molecular complexity index is 468. The van der Waals surface area contributed by atoms with Crippen LogP contribution in [0.15, 0.2) is 18.3 Å². The van der Waals surface area contributed by atoms with E-state index >= 15 is 0 Å². The molecule has 19 heavy (non-hydrogen) atoms. The van der Waals surface area contributed by atoms with Gasteiger partial charge in [0.05, 0.1) is 0 Å². The van der Waals surface area contributed by atoms with E-state index in [1.165, 1.54) is 12.1 Å². The molecule has 0 aliphatic carbocycles. The number of rotatable bonds is 5. The maximum absolute atomic E-state index is 12.3. The van der Waals surface area contributed by atoms with Crippen LogP contribution in [0.2, 0.25) is 0 Å². The van der Waals surface area contributed by atoms with E-state index in [0.717, 1.165) is 10.8 Å². The number of carboxylic acids is 1. The Morgan fingerprint density at radius 1 is 1.47 bits per heavy atom. The first-order valence-corrected chi connectivity index (χ1v) is 5.50. The molecule has 0 saturated carbocycles. The molecule has 1 rings (SSSR count). The van der Waals surface area contributed by atoms with Gasteiger partial charge >= 0.3 is 12.1 Å². The van der Waals surface area contributed by atoms with E-state index in [0.29, 0.717) is 0 Å². The molecule has 1 aromatic rings. The van der Waals surface area contributed by atoms with Gasteiger partial charge in [-0.15, -0.1) is 0 Å². The molecule has 8 heteroatoms. The molecule has 0 radical (unpaired) electrons. The molecule has 1 atom stereocenters. The van der Waals surface area contributed by atoms with Gasteiger partial charge in [-0.25, -0.2) is 4.79 Å². The Hall–Kier alpha value is -1.99. The number of amides is 1. The van der Waals surface area contributed by atoms with Crippen molar-refractivity contribution in [1.29, 1.82) is 0 Å². The highest BCUT2D eigenvalue weighted by Gasteiger charge is 2.30. The van der Waals surface area contributed by atoms with Crippen molar-refractivity contribution in [3.63, 3.8) is 0 Å². The van der Waals surface area contributed by atoms with Gasteiger partial charge in [0, 0.05) is 6.20 Å². The second kappa shape index (κ2) is 5.77. The molecule has 0 bridgehead atoms. The zero-order chi connectivity index (χ0) is 14.6. The summed E-state index contributed by atoms with van der Waals surface area (Å²) in [4.78, 5) is 22.5. The first-order chi connectivity index (χ1) is 8.74. The molecule has 0 aliphatic heterocycles. The summed E-state index contributed by atoms with van der Waals surface area (Å²) < 4.78 is 37.5. The Morgan fingerprint density at radius 3 is 2.58 bits per heavy atom. The number of carbonyl (C=O) groups is 2. The average Bonchev–Trinajstić information content (AvgIpc) is 2.70. The predicted molar refractivity (Wildman–Crippen MR) is 59.7 cm³/mol. The van der Waals surface area contributed by atoms with E-state index in [2.05, 4.69) is 5.32 Å². The summed E-state index contributed by atoms with van der Waals surface area (Å²) in [6.07, 6.45) is -3.20. The summed E-state index contributed by atoms with van der Waals surface area (Å²) in [6, 6.07) is 1.37. The number of halogens is 3. The first kappa shape index (κ1) is 15.1. The molecular formula is C11H13F3N2O3. The number of hydrogen-bond acceptors (Lipinski definition) is 2. The highest BCUT2D eigenvalue weighted by atomic mass is 19.4. The number of alkyl halides is 3. The van der Waals surface area contributed by atoms with Gasteiger partial charge in [-0.05, 0) is 18.6 Å². The van der Waals surface area contributed by atoms with Crippen LogP contribution in [0.3, 0.4) is 0 Å². The summed E-state index contributed by atoms with van der Waals surface area (Å²) in [6.45, 7) is 0.250. The van der Waals surface area contributed by atoms with Crippen molar-refractivity contribution in [2.75, 3.05) is 0 Å². The minimum atomic E-state index is -4.45. The maximum Gasteiger partial charge on any atom is 0.406 e. The Morgan fingerprint density at radius 2 is 2.11 bits per heavy atom. The molecule has 1 amide bonds. The summed E-state index contributed by atoms with van der Waals surface area (Å²) >= 11 is 0. The molecule has 5 nitrogen and oxygen atoms in total. The number of aromatic nitrogens is 1. The maximum atomic E-state index is 12.3. The number of aliphatic carboxylic acids is 1. The van der Waals surface area contributed by atoms with Crippen molar-refractivity contribution in [2.45, 2.75) is 32.1 Å². The number of nitrogens with one attached hydrogen (secondary N) is 1. The van der Waals surface area contributed by atoms with Gasteiger partial charge < -0.3 is 15.0 Å². The van der Waals surface area contributed by atoms with Crippen LogP contribution in [-0.4, -0.2) is 33.8 Å². The van der Waals surface area contributed by atoms with E-state index < -0.39 is 30.6 Å². The van der Waals surface area contributed by atoms with E-state index in [9.17, 15) is 22.8 Å². The van der Waals surface area contributed by atoms with Gasteiger partial charge in [-0.1, -0.05) is 6.92 Å². The third-order valence-corrected chi connectivity index (χ3v) is 2.42. The third-order valence-electron chi connectivity index (χ3n) is 2.42. The standard InChI is InChI=1S/C11H13F3N2O3/c1-2-7(10(18)19)15-9(17)8-4-3-5-16(8)6-11(12,13)14/h3-5,7H,2,6H2,1H3,(H,15,17)(H,18,19)/t7-/m1/s1. The number of carbonyl (C=O) groups excluding carboxylic acids is 1. The van der Waals surface area contributed by atoms with E-state index in [-0.39, 0.29) is 12.1 Å². The number of carboxylic acid groups (broad SMARTS) is 1. The minimum absolute atomic E-state index is 0.140. The van der Waals surface area contributed by atoms with Crippen LogP contribution in [-0.2, 0) is 11.3 Å². The fourth-order valence-electron chi connectivity index (χ4n) is 1.52. The zero-order valence-corrected chi connectivity index (χ0v) is 10.1. The second-order valence-corrected chi connectivity index (χ2v) is 3.91. The molecule has 106 valence electrons. The van der Waals surface area contributed by atoms with Crippen molar-refractivity contribution < 1.29 is 27.9 Å². The lowest BCUT2D eigenvalue weighted by atomic mass is 10.2. The molecule has 0 fully saturated rings. The van der Waals surface area contributed by atoms with Crippen molar-refractivity contribution in [3.05, 3.63) is 24.0 Å². The molecule has 0 aliphatic rings. The fraction of sp³-hybridized carbons (Fsp3) is 0.455. The van der Waals surface area contributed by atoms with Crippen LogP contribution < -0.4 is 5.32 Å². The van der Waals surface area contributed by atoms with Crippen molar-refractivity contribution in [2.24, 2.45) is 0 Å². The molecule has 1 aromatic heterocycles. The lowest BCUT2D eigenvalue weighted by Gasteiger charge is -2.15. The predicted octanol–water partition coefficient (Wildman–Crippen LogP) is 1.64. The lowest BCUT2D eigenvalue weighted by molar-refractivity contribution is -0.141. The molecule has 0 aromatic carbocycles. The smallest absolute Gasteiger partial charge is 0.406 e. The normalized spacial score (nSPS) is 13.1. The zero-order valence-electron chi connectivity index (χ0n) is 10.1. The van der Waals surface area contributed by atoms with Gasteiger partial charge in [0.15, 0.2) is 0 Å². The van der Waals surface area contributed by atoms with Gasteiger partial charge in [0.25, 0.3) is 5.91 Å². The summed E-state index contributed by atoms with van der Waals surface area (Å²) in [5.74, 6) is -2.08. The van der Waals surface area contributed by atoms with Crippen LogP contribution in [0.1, 0.15) is 23.8 Å². The van der Waals surface area contributed by atoms with Crippen LogP contribution in [0.4, 0.5) is 13.2 Å². The highest BCUT2D eigenvalue weighted by molar-refractivity contribution is 5.95. The SMILES string of the molecule is CC[C@@H](NC(=O)c1cccn1CC(F)(F)F)C(=O)O. The molecular weight excluding hydrogens is 265 g/mol. The van der Waals surface area contributed by atoms with Gasteiger partial charge in [0.2, 0.25) is 0 Å². The third kappa shape index (κ3) is 4.31. The molecule has 0 saturated heterocycles. The summed E-state index contributed by atoms with van der Waals surface area (Å²) in [5.41, 5.74) is -0.225.